The van der Waals surface area contributed by atoms with E-state index >= 15 is 0 Å². The quantitative estimate of drug-likeness (QED) is 0.419. The number of nitrogens with one attached hydrogen (secondary N) is 2. The first-order chi connectivity index (χ1) is 15.2. The molecule has 2 heterocycles. The first-order valence-corrected chi connectivity index (χ1v) is 11.0. The Morgan fingerprint density at radius 3 is 2.58 bits per heavy atom. The van der Waals surface area contributed by atoms with E-state index in [0.717, 1.165) is 45.2 Å². The molecule has 2 N–H and O–H groups in total. The first-order valence-electron chi connectivity index (χ1n) is 11.0. The van der Waals surface area contributed by atoms with Crippen LogP contribution in [0.25, 0.3) is 10.8 Å². The molecule has 8 nitrogen and oxygen atoms in total. The van der Waals surface area contributed by atoms with Crippen LogP contribution in [0.2, 0.25) is 0 Å². The van der Waals surface area contributed by atoms with Crippen molar-refractivity contribution in [2.75, 3.05) is 52.4 Å². The summed E-state index contributed by atoms with van der Waals surface area (Å²) in [6.45, 7) is 8.25. The summed E-state index contributed by atoms with van der Waals surface area (Å²) in [5, 5.41) is 8.49. The van der Waals surface area contributed by atoms with Gasteiger partial charge >= 0.3 is 6.03 Å². The molecule has 0 atom stereocenters. The molecule has 0 aliphatic carbocycles. The van der Waals surface area contributed by atoms with Crippen molar-refractivity contribution >= 4 is 28.7 Å². The average molecular weight is 423 g/mol. The lowest BCUT2D eigenvalue weighted by molar-refractivity contribution is -0.124. The summed E-state index contributed by atoms with van der Waals surface area (Å²) >= 11 is 0. The fourth-order valence-corrected chi connectivity index (χ4v) is 4.15. The van der Waals surface area contributed by atoms with Crippen LogP contribution in [-0.4, -0.2) is 85.0 Å². The normalized spacial score (nSPS) is 18.0. The Bertz CT molecular complexity index is 946. The zero-order valence-electron chi connectivity index (χ0n) is 18.0. The van der Waals surface area contributed by atoms with Crippen LogP contribution in [0.1, 0.15) is 12.5 Å². The monoisotopic (exact) mass is 422 g/mol. The number of imide groups is 1. The predicted octanol–water partition coefficient (Wildman–Crippen LogP) is 1.47. The number of fused-ring (bicyclic) bond motifs is 1. The Morgan fingerprint density at radius 1 is 1.06 bits per heavy atom. The van der Waals surface area contributed by atoms with E-state index in [1.807, 2.05) is 6.92 Å². The maximum atomic E-state index is 11.7. The van der Waals surface area contributed by atoms with Gasteiger partial charge in [0, 0.05) is 39.3 Å². The van der Waals surface area contributed by atoms with Crippen LogP contribution in [0.15, 0.2) is 47.5 Å². The molecule has 0 saturated carbocycles. The molecular formula is C23H30N6O2. The van der Waals surface area contributed by atoms with Gasteiger partial charge in [0.15, 0.2) is 5.96 Å². The number of urea groups is 1. The van der Waals surface area contributed by atoms with Crippen molar-refractivity contribution in [3.63, 3.8) is 0 Å². The van der Waals surface area contributed by atoms with Gasteiger partial charge < -0.3 is 15.5 Å². The molecule has 2 fully saturated rings. The smallest absolute Gasteiger partial charge is 0.324 e. The van der Waals surface area contributed by atoms with Gasteiger partial charge in [-0.2, -0.15) is 0 Å². The number of guanidine groups is 1. The Morgan fingerprint density at radius 2 is 1.84 bits per heavy atom. The topological polar surface area (TPSA) is 80.3 Å². The lowest BCUT2D eigenvalue weighted by Crippen LogP contribution is -2.52. The number of hydrogen-bond donors (Lipinski definition) is 2. The molecule has 2 saturated heterocycles. The van der Waals surface area contributed by atoms with E-state index < -0.39 is 0 Å². The zero-order chi connectivity index (χ0) is 21.6. The number of carbonyl (C=O) groups excluding carboxylic acids is 2. The molecule has 2 aromatic rings. The minimum Gasteiger partial charge on any atom is -0.357 e. The van der Waals surface area contributed by atoms with Gasteiger partial charge in [0.2, 0.25) is 5.91 Å². The second-order valence-electron chi connectivity index (χ2n) is 7.84. The maximum Gasteiger partial charge on any atom is 0.324 e. The standard InChI is InChI=1S/C23H30N6O2/c1-2-24-22(25-10-11-29-21(30)16-26-23(29)31)28-14-12-27(13-15-28)17-19-8-5-7-18-6-3-4-9-20(18)19/h3-9H,2,10-17H2,1H3,(H,24,25)(H,26,31). The molecule has 3 amide bonds. The van der Waals surface area contributed by atoms with E-state index in [1.165, 1.54) is 21.2 Å². The number of rotatable bonds is 6. The van der Waals surface area contributed by atoms with Gasteiger partial charge in [-0.25, -0.2) is 4.79 Å². The second kappa shape index (κ2) is 9.78. The highest BCUT2D eigenvalue weighted by Crippen LogP contribution is 2.20. The number of amides is 3. The summed E-state index contributed by atoms with van der Waals surface area (Å²) < 4.78 is 0. The van der Waals surface area contributed by atoms with Crippen molar-refractivity contribution in [1.82, 2.24) is 25.3 Å². The van der Waals surface area contributed by atoms with E-state index in [1.54, 1.807) is 0 Å². The van der Waals surface area contributed by atoms with Crippen molar-refractivity contribution in [2.24, 2.45) is 4.99 Å². The van der Waals surface area contributed by atoms with Crippen LogP contribution in [0.5, 0.6) is 0 Å². The predicted molar refractivity (Wildman–Crippen MR) is 122 cm³/mol. The van der Waals surface area contributed by atoms with Crippen LogP contribution in [0.3, 0.4) is 0 Å². The Kier molecular flexibility index (Phi) is 6.66. The van der Waals surface area contributed by atoms with Gasteiger partial charge in [-0.05, 0) is 23.3 Å². The van der Waals surface area contributed by atoms with E-state index in [2.05, 4.69) is 67.9 Å². The van der Waals surface area contributed by atoms with Crippen LogP contribution >= 0.6 is 0 Å². The summed E-state index contributed by atoms with van der Waals surface area (Å²) in [7, 11) is 0. The molecule has 8 heteroatoms. The lowest BCUT2D eigenvalue weighted by atomic mass is 10.0. The summed E-state index contributed by atoms with van der Waals surface area (Å²) in [5.41, 5.74) is 1.36. The van der Waals surface area contributed by atoms with Crippen molar-refractivity contribution < 1.29 is 9.59 Å². The zero-order valence-corrected chi connectivity index (χ0v) is 18.0. The number of hydrogen-bond acceptors (Lipinski definition) is 4. The molecule has 164 valence electrons. The number of aliphatic imine (C=N–C) groups is 1. The largest absolute Gasteiger partial charge is 0.357 e. The molecular weight excluding hydrogens is 392 g/mol. The highest BCUT2D eigenvalue weighted by molar-refractivity contribution is 6.01. The SMILES string of the molecule is CCNC(=NCCN1C(=O)CNC1=O)N1CCN(Cc2cccc3ccccc23)CC1. The molecule has 0 unspecified atom stereocenters. The third-order valence-corrected chi connectivity index (χ3v) is 5.80. The molecule has 0 radical (unpaired) electrons. The van der Waals surface area contributed by atoms with E-state index in [9.17, 15) is 9.59 Å². The average Bonchev–Trinajstić information content (AvgIpc) is 3.11. The van der Waals surface area contributed by atoms with Gasteiger partial charge in [-0.1, -0.05) is 42.5 Å². The third kappa shape index (κ3) is 4.96. The van der Waals surface area contributed by atoms with Crippen LogP contribution < -0.4 is 10.6 Å². The highest BCUT2D eigenvalue weighted by Gasteiger charge is 2.28. The second-order valence-corrected chi connectivity index (χ2v) is 7.84. The third-order valence-electron chi connectivity index (χ3n) is 5.80. The number of benzene rings is 2. The number of carbonyl (C=O) groups is 2. The summed E-state index contributed by atoms with van der Waals surface area (Å²) in [4.78, 5) is 34.0. The van der Waals surface area contributed by atoms with Crippen LogP contribution in [0, 0.1) is 0 Å². The van der Waals surface area contributed by atoms with Gasteiger partial charge in [0.1, 0.15) is 0 Å². The minimum absolute atomic E-state index is 0.0846. The number of nitrogens with zero attached hydrogens (tertiary/aromatic N) is 4. The van der Waals surface area contributed by atoms with Crippen molar-refractivity contribution in [2.45, 2.75) is 13.5 Å². The summed E-state index contributed by atoms with van der Waals surface area (Å²) in [6, 6.07) is 14.7. The molecule has 4 rings (SSSR count). The molecule has 31 heavy (non-hydrogen) atoms. The minimum atomic E-state index is -0.327. The van der Waals surface area contributed by atoms with Crippen molar-refractivity contribution in [3.05, 3.63) is 48.0 Å². The van der Waals surface area contributed by atoms with Crippen LogP contribution in [-0.2, 0) is 11.3 Å². The molecule has 0 bridgehead atoms. The summed E-state index contributed by atoms with van der Waals surface area (Å²) in [5.74, 6) is 0.659. The van der Waals surface area contributed by atoms with Gasteiger partial charge in [-0.15, -0.1) is 0 Å². The Hall–Kier alpha value is -3.13. The van der Waals surface area contributed by atoms with Crippen molar-refractivity contribution in [1.29, 1.82) is 0 Å². The fraction of sp³-hybridized carbons (Fsp3) is 0.435. The van der Waals surface area contributed by atoms with Crippen LogP contribution in [0.4, 0.5) is 4.79 Å². The Labute approximate surface area is 182 Å². The van der Waals surface area contributed by atoms with Gasteiger partial charge in [0.25, 0.3) is 0 Å². The molecule has 2 aliphatic heterocycles. The molecule has 0 spiro atoms. The molecule has 0 aromatic heterocycles. The fourth-order valence-electron chi connectivity index (χ4n) is 4.15. The van der Waals surface area contributed by atoms with E-state index in [-0.39, 0.29) is 18.5 Å². The Balaban J connectivity index is 1.33. The van der Waals surface area contributed by atoms with Gasteiger partial charge in [-0.3, -0.25) is 19.6 Å². The lowest BCUT2D eigenvalue weighted by Gasteiger charge is -2.36. The summed E-state index contributed by atoms with van der Waals surface area (Å²) in [6.07, 6.45) is 0. The molecule has 2 aromatic carbocycles. The van der Waals surface area contributed by atoms with E-state index in [4.69, 9.17) is 0 Å². The first kappa shape index (κ1) is 21.1. The van der Waals surface area contributed by atoms with Crippen molar-refractivity contribution in [3.8, 4) is 0 Å². The molecule has 2 aliphatic rings. The highest BCUT2D eigenvalue weighted by atomic mass is 16.2. The number of piperazine rings is 1. The maximum absolute atomic E-state index is 11.7. The van der Waals surface area contributed by atoms with Gasteiger partial charge in [0.05, 0.1) is 19.6 Å². The van der Waals surface area contributed by atoms with E-state index in [0.29, 0.717) is 13.1 Å².